The van der Waals surface area contributed by atoms with E-state index in [0.29, 0.717) is 6.42 Å². The van der Waals surface area contributed by atoms with Crippen molar-refractivity contribution in [3.05, 3.63) is 28.2 Å². The van der Waals surface area contributed by atoms with Gasteiger partial charge in [-0.1, -0.05) is 22.0 Å². The SMILES string of the molecule is Cc1c(Br)cccc1NC(C)CC(N)=O. The van der Waals surface area contributed by atoms with E-state index in [2.05, 4.69) is 21.2 Å². The zero-order valence-corrected chi connectivity index (χ0v) is 10.5. The van der Waals surface area contributed by atoms with Crippen molar-refractivity contribution in [3.8, 4) is 0 Å². The summed E-state index contributed by atoms with van der Waals surface area (Å²) in [5, 5.41) is 3.25. The highest BCUT2D eigenvalue weighted by atomic mass is 79.9. The van der Waals surface area contributed by atoms with Crippen LogP contribution in [-0.2, 0) is 4.79 Å². The third-order valence-electron chi connectivity index (χ3n) is 2.18. The third kappa shape index (κ3) is 3.55. The maximum Gasteiger partial charge on any atom is 0.219 e. The van der Waals surface area contributed by atoms with Crippen LogP contribution in [0.5, 0.6) is 0 Å². The fourth-order valence-electron chi connectivity index (χ4n) is 1.38. The van der Waals surface area contributed by atoms with E-state index in [1.807, 2.05) is 32.0 Å². The molecule has 1 aromatic carbocycles. The van der Waals surface area contributed by atoms with Gasteiger partial charge in [0.25, 0.3) is 0 Å². The first-order chi connectivity index (χ1) is 7.00. The van der Waals surface area contributed by atoms with Gasteiger partial charge in [0.2, 0.25) is 5.91 Å². The average Bonchev–Trinajstić information content (AvgIpc) is 2.11. The molecule has 0 aliphatic rings. The van der Waals surface area contributed by atoms with E-state index >= 15 is 0 Å². The van der Waals surface area contributed by atoms with Crippen LogP contribution in [0.2, 0.25) is 0 Å². The maximum absolute atomic E-state index is 10.7. The Kier molecular flexibility index (Phi) is 4.15. The number of benzene rings is 1. The molecule has 15 heavy (non-hydrogen) atoms. The minimum absolute atomic E-state index is 0.0514. The van der Waals surface area contributed by atoms with Gasteiger partial charge in [-0.05, 0) is 31.5 Å². The van der Waals surface area contributed by atoms with E-state index in [1.54, 1.807) is 0 Å². The Morgan fingerprint density at radius 1 is 1.60 bits per heavy atom. The predicted octanol–water partition coefficient (Wildman–Crippen LogP) is 2.43. The Labute approximate surface area is 98.2 Å². The second-order valence-corrected chi connectivity index (χ2v) is 4.48. The molecule has 82 valence electrons. The summed E-state index contributed by atoms with van der Waals surface area (Å²) in [7, 11) is 0. The Bertz CT molecular complexity index is 366. The van der Waals surface area contributed by atoms with Crippen molar-refractivity contribution in [2.45, 2.75) is 26.3 Å². The number of hydrogen-bond donors (Lipinski definition) is 2. The Morgan fingerprint density at radius 2 is 2.27 bits per heavy atom. The number of hydrogen-bond acceptors (Lipinski definition) is 2. The van der Waals surface area contributed by atoms with Gasteiger partial charge in [0.15, 0.2) is 0 Å². The van der Waals surface area contributed by atoms with Gasteiger partial charge < -0.3 is 11.1 Å². The molecule has 1 rings (SSSR count). The van der Waals surface area contributed by atoms with E-state index in [9.17, 15) is 4.79 Å². The zero-order chi connectivity index (χ0) is 11.4. The average molecular weight is 271 g/mol. The van der Waals surface area contributed by atoms with Crippen LogP contribution in [0.4, 0.5) is 5.69 Å². The fourth-order valence-corrected chi connectivity index (χ4v) is 1.75. The van der Waals surface area contributed by atoms with Crippen LogP contribution >= 0.6 is 15.9 Å². The molecule has 0 saturated carbocycles. The summed E-state index contributed by atoms with van der Waals surface area (Å²) in [6, 6.07) is 5.98. The summed E-state index contributed by atoms with van der Waals surface area (Å²) >= 11 is 3.46. The highest BCUT2D eigenvalue weighted by Gasteiger charge is 2.08. The lowest BCUT2D eigenvalue weighted by Gasteiger charge is -2.16. The standard InChI is InChI=1S/C11H15BrN2O/c1-7(6-11(13)15)14-10-5-3-4-9(12)8(10)2/h3-5,7,14H,6H2,1-2H3,(H2,13,15). The van der Waals surface area contributed by atoms with Crippen LogP contribution < -0.4 is 11.1 Å². The van der Waals surface area contributed by atoms with Gasteiger partial charge in [-0.15, -0.1) is 0 Å². The summed E-state index contributed by atoms with van der Waals surface area (Å²) in [5.41, 5.74) is 7.29. The first-order valence-electron chi connectivity index (χ1n) is 4.80. The summed E-state index contributed by atoms with van der Waals surface area (Å²) in [6.45, 7) is 3.95. The van der Waals surface area contributed by atoms with E-state index in [1.165, 1.54) is 0 Å². The minimum Gasteiger partial charge on any atom is -0.382 e. The molecule has 0 aromatic heterocycles. The lowest BCUT2D eigenvalue weighted by Crippen LogP contribution is -2.24. The second-order valence-electron chi connectivity index (χ2n) is 3.63. The number of carbonyl (C=O) groups excluding carboxylic acids is 1. The summed E-state index contributed by atoms with van der Waals surface area (Å²) in [6.07, 6.45) is 0.339. The molecular weight excluding hydrogens is 256 g/mol. The normalized spacial score (nSPS) is 12.2. The zero-order valence-electron chi connectivity index (χ0n) is 8.88. The Balaban J connectivity index is 2.72. The number of rotatable bonds is 4. The number of nitrogens with one attached hydrogen (secondary N) is 1. The van der Waals surface area contributed by atoms with E-state index in [-0.39, 0.29) is 11.9 Å². The van der Waals surface area contributed by atoms with Crippen LogP contribution in [-0.4, -0.2) is 11.9 Å². The van der Waals surface area contributed by atoms with Gasteiger partial charge in [-0.2, -0.15) is 0 Å². The molecule has 0 radical (unpaired) electrons. The summed E-state index contributed by atoms with van der Waals surface area (Å²) in [4.78, 5) is 10.7. The number of anilines is 1. The van der Waals surface area contributed by atoms with Gasteiger partial charge in [0.05, 0.1) is 0 Å². The maximum atomic E-state index is 10.7. The fraction of sp³-hybridized carbons (Fsp3) is 0.364. The van der Waals surface area contributed by atoms with Crippen molar-refractivity contribution < 1.29 is 4.79 Å². The summed E-state index contributed by atoms with van der Waals surface area (Å²) in [5.74, 6) is -0.289. The van der Waals surface area contributed by atoms with Crippen molar-refractivity contribution in [2.75, 3.05) is 5.32 Å². The topological polar surface area (TPSA) is 55.1 Å². The predicted molar refractivity (Wildman–Crippen MR) is 65.8 cm³/mol. The molecule has 1 amide bonds. The van der Waals surface area contributed by atoms with Gasteiger partial charge in [-0.25, -0.2) is 0 Å². The van der Waals surface area contributed by atoms with Crippen LogP contribution in [0.3, 0.4) is 0 Å². The molecule has 3 nitrogen and oxygen atoms in total. The van der Waals surface area contributed by atoms with Crippen molar-refractivity contribution in [1.82, 2.24) is 0 Å². The number of carbonyl (C=O) groups is 1. The monoisotopic (exact) mass is 270 g/mol. The lowest BCUT2D eigenvalue weighted by atomic mass is 10.1. The molecular formula is C11H15BrN2O. The quantitative estimate of drug-likeness (QED) is 0.883. The highest BCUT2D eigenvalue weighted by Crippen LogP contribution is 2.24. The largest absolute Gasteiger partial charge is 0.382 e. The first-order valence-corrected chi connectivity index (χ1v) is 5.60. The van der Waals surface area contributed by atoms with Crippen molar-refractivity contribution >= 4 is 27.5 Å². The number of halogens is 1. The number of nitrogens with two attached hydrogens (primary N) is 1. The molecule has 0 spiro atoms. The van der Waals surface area contributed by atoms with Gasteiger partial charge in [-0.3, -0.25) is 4.79 Å². The number of amides is 1. The molecule has 1 unspecified atom stereocenters. The molecule has 0 saturated heterocycles. The summed E-state index contributed by atoms with van der Waals surface area (Å²) < 4.78 is 1.05. The molecule has 1 atom stereocenters. The minimum atomic E-state index is -0.289. The van der Waals surface area contributed by atoms with E-state index in [0.717, 1.165) is 15.7 Å². The molecule has 0 aliphatic heterocycles. The van der Waals surface area contributed by atoms with Crippen LogP contribution in [0.15, 0.2) is 22.7 Å². The van der Waals surface area contributed by atoms with Crippen molar-refractivity contribution in [2.24, 2.45) is 5.73 Å². The molecule has 1 aromatic rings. The van der Waals surface area contributed by atoms with E-state index in [4.69, 9.17) is 5.73 Å². The molecule has 4 heteroatoms. The van der Waals surface area contributed by atoms with Crippen LogP contribution in [0.1, 0.15) is 18.9 Å². The lowest BCUT2D eigenvalue weighted by molar-refractivity contribution is -0.118. The van der Waals surface area contributed by atoms with Crippen LogP contribution in [0.25, 0.3) is 0 Å². The van der Waals surface area contributed by atoms with Gasteiger partial charge in [0, 0.05) is 22.6 Å². The highest BCUT2D eigenvalue weighted by molar-refractivity contribution is 9.10. The van der Waals surface area contributed by atoms with E-state index < -0.39 is 0 Å². The molecule has 0 fully saturated rings. The van der Waals surface area contributed by atoms with Crippen LogP contribution in [0, 0.1) is 6.92 Å². The van der Waals surface area contributed by atoms with Crippen molar-refractivity contribution in [3.63, 3.8) is 0 Å². The molecule has 0 heterocycles. The molecule has 0 bridgehead atoms. The van der Waals surface area contributed by atoms with Gasteiger partial charge >= 0.3 is 0 Å². The smallest absolute Gasteiger partial charge is 0.219 e. The third-order valence-corrected chi connectivity index (χ3v) is 3.04. The first kappa shape index (κ1) is 12.0. The Hall–Kier alpha value is -1.03. The second kappa shape index (κ2) is 5.16. The van der Waals surface area contributed by atoms with Gasteiger partial charge in [0.1, 0.15) is 0 Å². The molecule has 0 aliphatic carbocycles. The van der Waals surface area contributed by atoms with Crippen molar-refractivity contribution in [1.29, 1.82) is 0 Å². The molecule has 3 N–H and O–H groups in total. The number of primary amides is 1. The Morgan fingerprint density at radius 3 is 2.87 bits per heavy atom.